The Labute approximate surface area is 188 Å². The van der Waals surface area contributed by atoms with Gasteiger partial charge >= 0.3 is 0 Å². The smallest absolute Gasteiger partial charge is 0.173 e. The molecule has 1 aliphatic rings. The molecule has 1 fully saturated rings. The first-order valence-electron chi connectivity index (χ1n) is 10.9. The van der Waals surface area contributed by atoms with E-state index in [9.17, 15) is 5.11 Å². The maximum absolute atomic E-state index is 10.8. The van der Waals surface area contributed by atoms with Crippen LogP contribution in [0.2, 0.25) is 0 Å². The SMILES string of the molecule is OC1CCN(C(c2ccccc2)(c2ccccc2)c2ccccc2)C/C1=C/c1nc[nH]n1. The minimum absolute atomic E-state index is 0.498. The van der Waals surface area contributed by atoms with Gasteiger partial charge in [0.1, 0.15) is 6.33 Å². The van der Waals surface area contributed by atoms with E-state index in [1.165, 1.54) is 16.7 Å². The first kappa shape index (κ1) is 20.4. The van der Waals surface area contributed by atoms with E-state index in [2.05, 4.69) is 111 Å². The number of nitrogens with zero attached hydrogens (tertiary/aromatic N) is 3. The van der Waals surface area contributed by atoms with Gasteiger partial charge in [0.2, 0.25) is 0 Å². The van der Waals surface area contributed by atoms with Gasteiger partial charge in [-0.05, 0) is 34.8 Å². The lowest BCUT2D eigenvalue weighted by Gasteiger charge is -2.48. The molecule has 0 amide bonds. The number of rotatable bonds is 5. The van der Waals surface area contributed by atoms with Crippen molar-refractivity contribution >= 4 is 6.08 Å². The Morgan fingerprint density at radius 1 is 0.844 bits per heavy atom. The molecular formula is C27H26N4O. The van der Waals surface area contributed by atoms with Crippen molar-refractivity contribution in [3.63, 3.8) is 0 Å². The monoisotopic (exact) mass is 422 g/mol. The van der Waals surface area contributed by atoms with Crippen LogP contribution in [0.3, 0.4) is 0 Å². The van der Waals surface area contributed by atoms with Crippen molar-refractivity contribution in [3.05, 3.63) is 125 Å². The van der Waals surface area contributed by atoms with Crippen LogP contribution in [0, 0.1) is 0 Å². The van der Waals surface area contributed by atoms with Crippen LogP contribution in [-0.4, -0.2) is 44.4 Å². The van der Waals surface area contributed by atoms with Gasteiger partial charge in [0.05, 0.1) is 11.6 Å². The first-order valence-corrected chi connectivity index (χ1v) is 10.9. The van der Waals surface area contributed by atoms with E-state index >= 15 is 0 Å². The number of aromatic nitrogens is 3. The molecule has 32 heavy (non-hydrogen) atoms. The highest BCUT2D eigenvalue weighted by molar-refractivity contribution is 5.52. The van der Waals surface area contributed by atoms with Crippen molar-refractivity contribution in [1.29, 1.82) is 0 Å². The molecule has 2 heterocycles. The first-order chi connectivity index (χ1) is 15.8. The molecule has 0 spiro atoms. The summed E-state index contributed by atoms with van der Waals surface area (Å²) in [5, 5.41) is 17.7. The van der Waals surface area contributed by atoms with Crippen LogP contribution in [0.5, 0.6) is 0 Å². The Morgan fingerprint density at radius 3 is 1.84 bits per heavy atom. The van der Waals surface area contributed by atoms with Crippen molar-refractivity contribution in [1.82, 2.24) is 20.1 Å². The molecule has 0 aliphatic carbocycles. The van der Waals surface area contributed by atoms with Crippen molar-refractivity contribution < 1.29 is 5.11 Å². The van der Waals surface area contributed by atoms with Crippen LogP contribution < -0.4 is 0 Å². The van der Waals surface area contributed by atoms with E-state index in [1.807, 2.05) is 6.08 Å². The molecule has 3 aromatic carbocycles. The van der Waals surface area contributed by atoms with Gasteiger partial charge in [-0.1, -0.05) is 91.0 Å². The fourth-order valence-electron chi connectivity index (χ4n) is 4.84. The maximum atomic E-state index is 10.8. The summed E-state index contributed by atoms with van der Waals surface area (Å²) in [5.74, 6) is 0.589. The largest absolute Gasteiger partial charge is 0.389 e. The molecule has 1 unspecified atom stereocenters. The molecule has 1 atom stereocenters. The van der Waals surface area contributed by atoms with Gasteiger partial charge in [-0.15, -0.1) is 0 Å². The van der Waals surface area contributed by atoms with Gasteiger partial charge in [0.15, 0.2) is 5.82 Å². The summed E-state index contributed by atoms with van der Waals surface area (Å²) in [6.07, 6.45) is 3.59. The van der Waals surface area contributed by atoms with Crippen LogP contribution in [0.1, 0.15) is 28.9 Å². The summed E-state index contributed by atoms with van der Waals surface area (Å²) >= 11 is 0. The van der Waals surface area contributed by atoms with Crippen LogP contribution in [0.15, 0.2) is 103 Å². The third-order valence-electron chi connectivity index (χ3n) is 6.27. The molecule has 0 saturated carbocycles. The third-order valence-corrected chi connectivity index (χ3v) is 6.27. The lowest BCUT2D eigenvalue weighted by molar-refractivity contribution is 0.0871. The van der Waals surface area contributed by atoms with Gasteiger partial charge in [0.25, 0.3) is 0 Å². The molecule has 2 N–H and O–H groups in total. The minimum atomic E-state index is -0.509. The van der Waals surface area contributed by atoms with Crippen molar-refractivity contribution in [3.8, 4) is 0 Å². The second kappa shape index (κ2) is 8.91. The molecule has 5 nitrogen and oxygen atoms in total. The number of aromatic amines is 1. The molecule has 5 rings (SSSR count). The summed E-state index contributed by atoms with van der Waals surface area (Å²) in [7, 11) is 0. The van der Waals surface area contributed by atoms with Gasteiger partial charge in [0, 0.05) is 13.1 Å². The lowest BCUT2D eigenvalue weighted by atomic mass is 9.74. The van der Waals surface area contributed by atoms with E-state index < -0.39 is 11.6 Å². The predicted molar refractivity (Wildman–Crippen MR) is 126 cm³/mol. The van der Waals surface area contributed by atoms with Crippen LogP contribution in [0.25, 0.3) is 6.08 Å². The fraction of sp³-hybridized carbons (Fsp3) is 0.185. The second-order valence-electron chi connectivity index (χ2n) is 8.11. The van der Waals surface area contributed by atoms with Gasteiger partial charge in [-0.25, -0.2) is 4.98 Å². The van der Waals surface area contributed by atoms with Crippen molar-refractivity contribution in [2.75, 3.05) is 13.1 Å². The molecule has 160 valence electrons. The molecule has 1 aromatic heterocycles. The summed E-state index contributed by atoms with van der Waals surface area (Å²) in [6, 6.07) is 31.9. The highest BCUT2D eigenvalue weighted by Gasteiger charge is 2.44. The molecular weight excluding hydrogens is 396 g/mol. The van der Waals surface area contributed by atoms with Crippen LogP contribution in [0.4, 0.5) is 0 Å². The summed E-state index contributed by atoms with van der Waals surface area (Å²) in [5.41, 5.74) is 4.02. The number of benzene rings is 3. The standard InChI is InChI=1S/C27H26N4O/c32-25-16-17-31(19-21(25)18-26-28-20-29-30-26)27(22-10-4-1-5-11-22,23-12-6-2-7-13-23)24-14-8-3-9-15-24/h1-15,18,20,25,32H,16-17,19H2,(H,28,29,30)/b21-18-. The Bertz CT molecular complexity index is 1060. The Balaban J connectivity index is 1.71. The molecule has 0 radical (unpaired) electrons. The summed E-state index contributed by atoms with van der Waals surface area (Å²) < 4.78 is 0. The van der Waals surface area contributed by atoms with Gasteiger partial charge < -0.3 is 5.11 Å². The number of aliphatic hydroxyl groups is 1. The average Bonchev–Trinajstić information content (AvgIpc) is 3.37. The number of hydrogen-bond acceptors (Lipinski definition) is 4. The average molecular weight is 423 g/mol. The zero-order valence-corrected chi connectivity index (χ0v) is 17.8. The normalized spacial score (nSPS) is 18.7. The number of piperidine rings is 1. The summed E-state index contributed by atoms with van der Waals surface area (Å²) in [6.45, 7) is 1.36. The maximum Gasteiger partial charge on any atom is 0.173 e. The third kappa shape index (κ3) is 3.66. The van der Waals surface area contributed by atoms with Crippen molar-refractivity contribution in [2.24, 2.45) is 0 Å². The topological polar surface area (TPSA) is 65.0 Å². The van der Waals surface area contributed by atoms with E-state index in [4.69, 9.17) is 0 Å². The number of aliphatic hydroxyl groups excluding tert-OH is 1. The molecule has 0 bridgehead atoms. The second-order valence-corrected chi connectivity index (χ2v) is 8.11. The quantitative estimate of drug-likeness (QED) is 0.472. The van der Waals surface area contributed by atoms with E-state index in [-0.39, 0.29) is 0 Å². The van der Waals surface area contributed by atoms with E-state index in [1.54, 1.807) is 6.33 Å². The number of nitrogens with one attached hydrogen (secondary N) is 1. The van der Waals surface area contributed by atoms with Crippen LogP contribution >= 0.6 is 0 Å². The Morgan fingerprint density at radius 2 is 1.38 bits per heavy atom. The van der Waals surface area contributed by atoms with E-state index in [0.29, 0.717) is 18.8 Å². The minimum Gasteiger partial charge on any atom is -0.389 e. The lowest BCUT2D eigenvalue weighted by Crippen LogP contribution is -2.52. The molecule has 1 saturated heterocycles. The Kier molecular flexibility index (Phi) is 5.67. The number of likely N-dealkylation sites (tertiary alicyclic amines) is 1. The molecule has 5 heteroatoms. The highest BCUT2D eigenvalue weighted by atomic mass is 16.3. The van der Waals surface area contributed by atoms with Crippen molar-refractivity contribution in [2.45, 2.75) is 18.1 Å². The zero-order valence-electron chi connectivity index (χ0n) is 17.8. The molecule has 4 aromatic rings. The zero-order chi connectivity index (χ0) is 21.8. The predicted octanol–water partition coefficient (Wildman–Crippen LogP) is 4.25. The number of H-pyrrole nitrogens is 1. The number of hydrogen-bond donors (Lipinski definition) is 2. The van der Waals surface area contributed by atoms with E-state index in [0.717, 1.165) is 12.1 Å². The highest BCUT2D eigenvalue weighted by Crippen LogP contribution is 2.44. The summed E-state index contributed by atoms with van der Waals surface area (Å²) in [4.78, 5) is 6.70. The van der Waals surface area contributed by atoms with Crippen LogP contribution in [-0.2, 0) is 5.54 Å². The fourth-order valence-corrected chi connectivity index (χ4v) is 4.84. The Hall–Kier alpha value is -3.54. The molecule has 1 aliphatic heterocycles. The van der Waals surface area contributed by atoms with Gasteiger partial charge in [-0.2, -0.15) is 5.10 Å². The van der Waals surface area contributed by atoms with Gasteiger partial charge in [-0.3, -0.25) is 10.00 Å².